The fourth-order valence-electron chi connectivity index (χ4n) is 1.08. The van der Waals surface area contributed by atoms with Crippen molar-refractivity contribution in [1.29, 1.82) is 0 Å². The first-order chi connectivity index (χ1) is 7.62. The van der Waals surface area contributed by atoms with Crippen LogP contribution in [-0.4, -0.2) is 31.5 Å². The van der Waals surface area contributed by atoms with Crippen LogP contribution in [0, 0.1) is 5.92 Å². The molecule has 0 radical (unpaired) electrons. The van der Waals surface area contributed by atoms with E-state index in [1.54, 1.807) is 6.08 Å². The highest BCUT2D eigenvalue weighted by atomic mass is 32.2. The van der Waals surface area contributed by atoms with Crippen LogP contribution in [0.25, 0.3) is 0 Å². The van der Waals surface area contributed by atoms with Crippen molar-refractivity contribution in [2.45, 2.75) is 34.1 Å². The molecular weight excluding hydrogens is 240 g/mol. The third-order valence-corrected chi connectivity index (χ3v) is 2.92. The Labute approximate surface area is 104 Å². The van der Waals surface area contributed by atoms with E-state index in [0.717, 1.165) is 16.2 Å². The number of hydrazine groups is 1. The van der Waals surface area contributed by atoms with Crippen LogP contribution < -0.4 is 5.43 Å². The second-order valence-corrected chi connectivity index (χ2v) is 6.62. The molecule has 0 aromatic rings. The van der Waals surface area contributed by atoms with E-state index in [0.29, 0.717) is 0 Å². The fraction of sp³-hybridized carbons (Fsp3) is 0.727. The molecule has 0 bridgehead atoms. The number of rotatable bonds is 6. The summed E-state index contributed by atoms with van der Waals surface area (Å²) in [5.74, 6) is -0.175. The molecule has 17 heavy (non-hydrogen) atoms. The Morgan fingerprint density at radius 1 is 1.35 bits per heavy atom. The van der Waals surface area contributed by atoms with Crippen LogP contribution in [-0.2, 0) is 14.8 Å². The number of nitrogens with one attached hydrogen (secondary N) is 1. The molecule has 0 heterocycles. The zero-order valence-electron chi connectivity index (χ0n) is 11.1. The topological polar surface area (TPSA) is 66.5 Å². The minimum atomic E-state index is -3.41. The first-order valence-electron chi connectivity index (χ1n) is 5.53. The highest BCUT2D eigenvalue weighted by Crippen LogP contribution is 2.02. The molecule has 0 atom stereocenters. The summed E-state index contributed by atoms with van der Waals surface area (Å²) in [6.07, 6.45) is 3.02. The predicted octanol–water partition coefficient (Wildman–Crippen LogP) is 1.29. The number of hydrogen-bond acceptors (Lipinski definition) is 3. The smallest absolute Gasteiger partial charge is 0.238 e. The van der Waals surface area contributed by atoms with E-state index in [-0.39, 0.29) is 24.8 Å². The monoisotopic (exact) mass is 262 g/mol. The molecule has 0 rings (SSSR count). The quantitative estimate of drug-likeness (QED) is 0.579. The van der Waals surface area contributed by atoms with Crippen LogP contribution in [0.3, 0.4) is 0 Å². The van der Waals surface area contributed by atoms with Gasteiger partial charge in [0.05, 0.1) is 6.26 Å². The van der Waals surface area contributed by atoms with Crippen molar-refractivity contribution >= 4 is 15.9 Å². The summed E-state index contributed by atoms with van der Waals surface area (Å²) in [6.45, 7) is 7.83. The van der Waals surface area contributed by atoms with E-state index < -0.39 is 10.0 Å². The average molecular weight is 262 g/mol. The number of nitrogens with zero attached hydrogens (tertiary/aromatic N) is 1. The molecule has 0 spiro atoms. The van der Waals surface area contributed by atoms with Gasteiger partial charge in [-0.3, -0.25) is 10.2 Å². The van der Waals surface area contributed by atoms with Crippen LogP contribution in [0.4, 0.5) is 0 Å². The lowest BCUT2D eigenvalue weighted by Gasteiger charge is -2.22. The SMILES string of the molecule is CC(C)=CCC(=O)NN(CC(C)C)S(C)(=O)=O. The Morgan fingerprint density at radius 2 is 1.88 bits per heavy atom. The Morgan fingerprint density at radius 3 is 2.24 bits per heavy atom. The van der Waals surface area contributed by atoms with Gasteiger partial charge in [-0.2, -0.15) is 0 Å². The van der Waals surface area contributed by atoms with Gasteiger partial charge in [-0.15, -0.1) is 4.41 Å². The van der Waals surface area contributed by atoms with E-state index in [1.165, 1.54) is 0 Å². The maximum Gasteiger partial charge on any atom is 0.238 e. The van der Waals surface area contributed by atoms with Gasteiger partial charge >= 0.3 is 0 Å². The lowest BCUT2D eigenvalue weighted by Crippen LogP contribution is -2.47. The molecule has 6 heteroatoms. The van der Waals surface area contributed by atoms with Gasteiger partial charge in [0.1, 0.15) is 0 Å². The van der Waals surface area contributed by atoms with Crippen molar-refractivity contribution in [2.24, 2.45) is 5.92 Å². The van der Waals surface area contributed by atoms with Crippen LogP contribution in [0.5, 0.6) is 0 Å². The van der Waals surface area contributed by atoms with Gasteiger partial charge < -0.3 is 0 Å². The van der Waals surface area contributed by atoms with Gasteiger partial charge in [0.25, 0.3) is 0 Å². The van der Waals surface area contributed by atoms with Gasteiger partial charge in [-0.25, -0.2) is 8.42 Å². The normalized spacial score (nSPS) is 11.7. The van der Waals surface area contributed by atoms with Gasteiger partial charge in [-0.05, 0) is 19.8 Å². The average Bonchev–Trinajstić information content (AvgIpc) is 2.11. The standard InChI is InChI=1S/C11H22N2O3S/c1-9(2)6-7-11(14)12-13(8-10(3)4)17(5,15)16/h6,10H,7-8H2,1-5H3,(H,12,14). The number of allylic oxidation sites excluding steroid dienone is 1. The van der Waals surface area contributed by atoms with Crippen LogP contribution in [0.1, 0.15) is 34.1 Å². The van der Waals surface area contributed by atoms with Crippen molar-refractivity contribution < 1.29 is 13.2 Å². The van der Waals surface area contributed by atoms with Gasteiger partial charge in [0, 0.05) is 13.0 Å². The van der Waals surface area contributed by atoms with Gasteiger partial charge in [0.15, 0.2) is 0 Å². The summed E-state index contributed by atoms with van der Waals surface area (Å²) < 4.78 is 23.9. The highest BCUT2D eigenvalue weighted by Gasteiger charge is 2.19. The summed E-state index contributed by atoms with van der Waals surface area (Å²) >= 11 is 0. The summed E-state index contributed by atoms with van der Waals surface area (Å²) in [7, 11) is -3.41. The molecule has 5 nitrogen and oxygen atoms in total. The summed E-state index contributed by atoms with van der Waals surface area (Å²) in [5.41, 5.74) is 3.43. The van der Waals surface area contributed by atoms with Gasteiger partial charge in [-0.1, -0.05) is 25.5 Å². The molecule has 0 saturated carbocycles. The molecule has 0 aliphatic heterocycles. The van der Waals surface area contributed by atoms with Crippen LogP contribution in [0.2, 0.25) is 0 Å². The first kappa shape index (κ1) is 16.1. The molecule has 100 valence electrons. The fourth-order valence-corrected chi connectivity index (χ4v) is 1.91. The molecule has 0 aliphatic carbocycles. The lowest BCUT2D eigenvalue weighted by atomic mass is 10.2. The van der Waals surface area contributed by atoms with Gasteiger partial charge in [0.2, 0.25) is 15.9 Å². The Kier molecular flexibility index (Phi) is 6.41. The van der Waals surface area contributed by atoms with Crippen molar-refractivity contribution in [1.82, 2.24) is 9.84 Å². The number of carbonyl (C=O) groups is 1. The number of carbonyl (C=O) groups excluding carboxylic acids is 1. The molecular formula is C11H22N2O3S. The minimum Gasteiger partial charge on any atom is -0.275 e. The van der Waals surface area contributed by atoms with E-state index >= 15 is 0 Å². The van der Waals surface area contributed by atoms with Crippen LogP contribution >= 0.6 is 0 Å². The first-order valence-corrected chi connectivity index (χ1v) is 7.38. The highest BCUT2D eigenvalue weighted by molar-refractivity contribution is 7.88. The summed E-state index contributed by atoms with van der Waals surface area (Å²) in [6, 6.07) is 0. The van der Waals surface area contributed by atoms with E-state index in [9.17, 15) is 13.2 Å². The van der Waals surface area contributed by atoms with E-state index in [2.05, 4.69) is 5.43 Å². The summed E-state index contributed by atoms with van der Waals surface area (Å²) in [5, 5.41) is 0. The lowest BCUT2D eigenvalue weighted by molar-refractivity contribution is -0.123. The zero-order valence-corrected chi connectivity index (χ0v) is 12.0. The predicted molar refractivity (Wildman–Crippen MR) is 68.6 cm³/mol. The molecule has 0 aromatic heterocycles. The second-order valence-electron chi connectivity index (χ2n) is 4.71. The molecule has 0 unspecified atom stereocenters. The van der Waals surface area contributed by atoms with Crippen molar-refractivity contribution in [2.75, 3.05) is 12.8 Å². The molecule has 0 aromatic carbocycles. The maximum absolute atomic E-state index is 11.5. The number of amides is 1. The maximum atomic E-state index is 11.5. The summed E-state index contributed by atoms with van der Waals surface area (Å²) in [4.78, 5) is 11.5. The van der Waals surface area contributed by atoms with Crippen molar-refractivity contribution in [3.8, 4) is 0 Å². The molecule has 0 fully saturated rings. The molecule has 0 aliphatic rings. The largest absolute Gasteiger partial charge is 0.275 e. The number of hydrogen-bond donors (Lipinski definition) is 1. The zero-order chi connectivity index (χ0) is 13.6. The van der Waals surface area contributed by atoms with Crippen molar-refractivity contribution in [3.05, 3.63) is 11.6 Å². The van der Waals surface area contributed by atoms with Crippen LogP contribution in [0.15, 0.2) is 11.6 Å². The third-order valence-electron chi connectivity index (χ3n) is 1.88. The Hall–Kier alpha value is -0.880. The Bertz CT molecular complexity index is 382. The molecule has 0 saturated heterocycles. The number of sulfonamides is 1. The molecule has 1 amide bonds. The van der Waals surface area contributed by atoms with E-state index in [1.807, 2.05) is 27.7 Å². The van der Waals surface area contributed by atoms with Crippen molar-refractivity contribution in [3.63, 3.8) is 0 Å². The molecule has 1 N–H and O–H groups in total. The van der Waals surface area contributed by atoms with E-state index in [4.69, 9.17) is 0 Å². The Balaban J connectivity index is 4.55. The third kappa shape index (κ3) is 7.93. The minimum absolute atomic E-state index is 0.147. The second kappa shape index (κ2) is 6.76.